The Morgan fingerprint density at radius 2 is 1.91 bits per heavy atom. The molecule has 1 aliphatic heterocycles. The van der Waals surface area contributed by atoms with Gasteiger partial charge in [-0.3, -0.25) is 14.5 Å². The fraction of sp³-hybridized carbons (Fsp3) is 0.412. The second-order valence-corrected chi connectivity index (χ2v) is 6.07. The summed E-state index contributed by atoms with van der Waals surface area (Å²) in [5.74, 6) is 0.0687. The number of hydrogen-bond donors (Lipinski definition) is 1. The second kappa shape index (κ2) is 5.93. The van der Waals surface area contributed by atoms with E-state index < -0.39 is 0 Å². The molecule has 1 amide bonds. The molecule has 2 heterocycles. The first kappa shape index (κ1) is 14.8. The summed E-state index contributed by atoms with van der Waals surface area (Å²) in [6.45, 7) is 7.74. The van der Waals surface area contributed by atoms with Crippen LogP contribution in [0.5, 0.6) is 0 Å². The van der Waals surface area contributed by atoms with E-state index in [9.17, 15) is 9.59 Å². The summed E-state index contributed by atoms with van der Waals surface area (Å²) in [5, 5.41) is 0.897. The minimum atomic E-state index is 0.0687. The van der Waals surface area contributed by atoms with Crippen LogP contribution in [0.4, 0.5) is 0 Å². The number of nitrogens with one attached hydrogen (secondary N) is 1. The highest BCUT2D eigenvalue weighted by Crippen LogP contribution is 2.18. The Labute approximate surface area is 129 Å². The molecule has 1 fully saturated rings. The third kappa shape index (κ3) is 2.76. The van der Waals surface area contributed by atoms with Crippen LogP contribution >= 0.6 is 0 Å². The van der Waals surface area contributed by atoms with Crippen molar-refractivity contribution < 1.29 is 9.59 Å². The topological polar surface area (TPSA) is 56.4 Å². The van der Waals surface area contributed by atoms with Crippen molar-refractivity contribution in [3.8, 4) is 0 Å². The van der Waals surface area contributed by atoms with Gasteiger partial charge >= 0.3 is 0 Å². The predicted molar refractivity (Wildman–Crippen MR) is 86.3 cm³/mol. The van der Waals surface area contributed by atoms with Gasteiger partial charge in [0.2, 0.25) is 0 Å². The van der Waals surface area contributed by atoms with E-state index in [4.69, 9.17) is 0 Å². The molecular weight excluding hydrogens is 278 g/mol. The van der Waals surface area contributed by atoms with Gasteiger partial charge < -0.3 is 9.88 Å². The Morgan fingerprint density at radius 3 is 2.55 bits per heavy atom. The molecule has 1 saturated heterocycles. The van der Waals surface area contributed by atoms with E-state index in [1.807, 2.05) is 23.1 Å². The van der Waals surface area contributed by atoms with Gasteiger partial charge in [-0.05, 0) is 38.1 Å². The van der Waals surface area contributed by atoms with E-state index in [-0.39, 0.29) is 5.91 Å². The van der Waals surface area contributed by atoms with Gasteiger partial charge in [-0.25, -0.2) is 0 Å². The van der Waals surface area contributed by atoms with Gasteiger partial charge in [0.05, 0.1) is 5.69 Å². The maximum atomic E-state index is 12.6. The summed E-state index contributed by atoms with van der Waals surface area (Å²) in [5.41, 5.74) is 2.09. The van der Waals surface area contributed by atoms with Crippen LogP contribution in [0.2, 0.25) is 0 Å². The Hall–Kier alpha value is -2.14. The highest BCUT2D eigenvalue weighted by atomic mass is 16.2. The van der Waals surface area contributed by atoms with Crippen molar-refractivity contribution in [3.05, 3.63) is 35.5 Å². The summed E-state index contributed by atoms with van der Waals surface area (Å²) in [6, 6.07) is 7.84. The van der Waals surface area contributed by atoms with Gasteiger partial charge in [0.15, 0.2) is 6.29 Å². The molecule has 5 heteroatoms. The summed E-state index contributed by atoms with van der Waals surface area (Å²) in [4.78, 5) is 30.7. The molecule has 0 atom stereocenters. The highest BCUT2D eigenvalue weighted by Gasteiger charge is 2.23. The van der Waals surface area contributed by atoms with Crippen molar-refractivity contribution in [1.82, 2.24) is 14.8 Å². The zero-order valence-corrected chi connectivity index (χ0v) is 13.0. The van der Waals surface area contributed by atoms with Crippen LogP contribution in [0.15, 0.2) is 24.3 Å². The average Bonchev–Trinajstić information content (AvgIpc) is 2.96. The Bertz CT molecular complexity index is 697. The smallest absolute Gasteiger partial charge is 0.253 e. The first-order chi connectivity index (χ1) is 10.6. The standard InChI is InChI=1S/C17H21N3O2/c1-12(2)19-5-7-20(8-6-19)17(22)13-3-4-16-14(9-13)10-15(11-21)18-16/h3-4,9-12,18H,5-8H2,1-2H3. The summed E-state index contributed by atoms with van der Waals surface area (Å²) in [6.07, 6.45) is 0.784. The minimum absolute atomic E-state index is 0.0687. The predicted octanol–water partition coefficient (Wildman–Crippen LogP) is 2.15. The van der Waals surface area contributed by atoms with E-state index in [1.54, 1.807) is 6.07 Å². The highest BCUT2D eigenvalue weighted by molar-refractivity contribution is 5.99. The van der Waals surface area contributed by atoms with E-state index >= 15 is 0 Å². The molecule has 0 saturated carbocycles. The number of carbonyl (C=O) groups is 2. The molecule has 0 unspecified atom stereocenters. The largest absolute Gasteiger partial charge is 0.352 e. The summed E-state index contributed by atoms with van der Waals surface area (Å²) < 4.78 is 0. The summed E-state index contributed by atoms with van der Waals surface area (Å²) in [7, 11) is 0. The molecule has 1 aliphatic rings. The molecule has 1 aromatic carbocycles. The first-order valence-electron chi connectivity index (χ1n) is 7.70. The van der Waals surface area contributed by atoms with Gasteiger partial charge in [-0.2, -0.15) is 0 Å². The van der Waals surface area contributed by atoms with Crippen molar-refractivity contribution in [1.29, 1.82) is 0 Å². The lowest BCUT2D eigenvalue weighted by molar-refractivity contribution is 0.0595. The number of fused-ring (bicyclic) bond motifs is 1. The summed E-state index contributed by atoms with van der Waals surface area (Å²) >= 11 is 0. The molecular formula is C17H21N3O2. The molecule has 1 aromatic heterocycles. The number of rotatable bonds is 3. The quantitative estimate of drug-likeness (QED) is 0.884. The van der Waals surface area contributed by atoms with Crippen LogP contribution in [-0.2, 0) is 0 Å². The molecule has 116 valence electrons. The molecule has 0 spiro atoms. The molecule has 3 rings (SSSR count). The van der Waals surface area contributed by atoms with Crippen LogP contribution in [0, 0.1) is 0 Å². The molecule has 2 aromatic rings. The van der Waals surface area contributed by atoms with Crippen LogP contribution in [0.1, 0.15) is 34.7 Å². The zero-order chi connectivity index (χ0) is 15.7. The molecule has 22 heavy (non-hydrogen) atoms. The van der Waals surface area contributed by atoms with Crippen LogP contribution in [-0.4, -0.2) is 59.2 Å². The van der Waals surface area contributed by atoms with E-state index in [1.165, 1.54) is 0 Å². The minimum Gasteiger partial charge on any atom is -0.352 e. The number of amides is 1. The number of nitrogens with zero attached hydrogens (tertiary/aromatic N) is 2. The maximum absolute atomic E-state index is 12.6. The molecule has 1 N–H and O–H groups in total. The number of benzene rings is 1. The lowest BCUT2D eigenvalue weighted by Crippen LogP contribution is -2.50. The normalized spacial score (nSPS) is 16.4. The van der Waals surface area contributed by atoms with Crippen molar-refractivity contribution >= 4 is 23.1 Å². The number of aldehydes is 1. The van der Waals surface area contributed by atoms with Gasteiger partial charge in [0.1, 0.15) is 0 Å². The lowest BCUT2D eigenvalue weighted by Gasteiger charge is -2.37. The zero-order valence-electron chi connectivity index (χ0n) is 13.0. The van der Waals surface area contributed by atoms with Crippen LogP contribution in [0.3, 0.4) is 0 Å². The third-order valence-electron chi connectivity index (χ3n) is 4.35. The third-order valence-corrected chi connectivity index (χ3v) is 4.35. The Morgan fingerprint density at radius 1 is 1.18 bits per heavy atom. The van der Waals surface area contributed by atoms with Crippen molar-refractivity contribution in [2.24, 2.45) is 0 Å². The Kier molecular flexibility index (Phi) is 3.98. The van der Waals surface area contributed by atoms with E-state index in [0.29, 0.717) is 17.3 Å². The molecule has 0 bridgehead atoms. The van der Waals surface area contributed by atoms with Gasteiger partial charge in [-0.15, -0.1) is 0 Å². The van der Waals surface area contributed by atoms with Crippen LogP contribution < -0.4 is 0 Å². The Balaban J connectivity index is 1.76. The maximum Gasteiger partial charge on any atom is 0.253 e. The van der Waals surface area contributed by atoms with Crippen molar-refractivity contribution in [2.45, 2.75) is 19.9 Å². The van der Waals surface area contributed by atoms with E-state index in [0.717, 1.165) is 43.4 Å². The molecule has 0 radical (unpaired) electrons. The van der Waals surface area contributed by atoms with Gasteiger partial charge in [-0.1, -0.05) is 0 Å². The number of piperazine rings is 1. The SMILES string of the molecule is CC(C)N1CCN(C(=O)c2ccc3[nH]c(C=O)cc3c2)CC1. The number of aromatic nitrogens is 1. The monoisotopic (exact) mass is 299 g/mol. The van der Waals surface area contributed by atoms with E-state index in [2.05, 4.69) is 23.7 Å². The second-order valence-electron chi connectivity index (χ2n) is 6.07. The number of H-pyrrole nitrogens is 1. The fourth-order valence-electron chi connectivity index (χ4n) is 2.98. The van der Waals surface area contributed by atoms with Crippen molar-refractivity contribution in [3.63, 3.8) is 0 Å². The number of carbonyl (C=O) groups excluding carboxylic acids is 2. The molecule has 0 aliphatic carbocycles. The van der Waals surface area contributed by atoms with Crippen LogP contribution in [0.25, 0.3) is 10.9 Å². The fourth-order valence-corrected chi connectivity index (χ4v) is 2.98. The van der Waals surface area contributed by atoms with Gasteiger partial charge in [0.25, 0.3) is 5.91 Å². The first-order valence-corrected chi connectivity index (χ1v) is 7.70. The number of aromatic amines is 1. The van der Waals surface area contributed by atoms with Gasteiger partial charge in [0, 0.05) is 48.7 Å². The van der Waals surface area contributed by atoms with Crippen molar-refractivity contribution in [2.75, 3.05) is 26.2 Å². The lowest BCUT2D eigenvalue weighted by atomic mass is 10.1. The number of hydrogen-bond acceptors (Lipinski definition) is 3. The average molecular weight is 299 g/mol. The molecule has 5 nitrogen and oxygen atoms in total.